The number of benzene rings is 2. The van der Waals surface area contributed by atoms with Crippen LogP contribution in [-0.2, 0) is 0 Å². The van der Waals surface area contributed by atoms with Crippen LogP contribution in [0.3, 0.4) is 0 Å². The molecule has 0 spiro atoms. The predicted molar refractivity (Wildman–Crippen MR) is 84.2 cm³/mol. The van der Waals surface area contributed by atoms with Crippen molar-refractivity contribution < 1.29 is 4.74 Å². The molecule has 1 atom stereocenters. The molecule has 2 heteroatoms. The van der Waals surface area contributed by atoms with Gasteiger partial charge >= 0.3 is 0 Å². The van der Waals surface area contributed by atoms with E-state index in [-0.39, 0.29) is 6.10 Å². The van der Waals surface area contributed by atoms with Gasteiger partial charge in [0.15, 0.2) is 0 Å². The van der Waals surface area contributed by atoms with Gasteiger partial charge in [0.25, 0.3) is 0 Å². The van der Waals surface area contributed by atoms with Gasteiger partial charge in [-0.1, -0.05) is 29.8 Å². The number of hydrogen-bond acceptors (Lipinski definition) is 2. The molecule has 0 aromatic heterocycles. The molecule has 1 heterocycles. The third-order valence-corrected chi connectivity index (χ3v) is 3.83. The van der Waals surface area contributed by atoms with Gasteiger partial charge in [-0.25, -0.2) is 0 Å². The van der Waals surface area contributed by atoms with Crippen LogP contribution in [0.1, 0.15) is 23.6 Å². The molecule has 0 bridgehead atoms. The van der Waals surface area contributed by atoms with Gasteiger partial charge in [0, 0.05) is 5.69 Å². The quantitative estimate of drug-likeness (QED) is 0.752. The standard InChI is InChI=1S/C18H21NO/c1-12-9-13(2)18(14(3)10-12)19-11-15(4)20-17-8-6-5-7-16(17)19/h5-10,15H,11H2,1-4H3. The summed E-state index contributed by atoms with van der Waals surface area (Å²) >= 11 is 0. The number of hydrogen-bond donors (Lipinski definition) is 0. The van der Waals surface area contributed by atoms with Gasteiger partial charge in [-0.05, 0) is 51.0 Å². The second kappa shape index (κ2) is 4.86. The first-order valence-corrected chi connectivity index (χ1v) is 7.17. The highest BCUT2D eigenvalue weighted by Crippen LogP contribution is 2.40. The number of fused-ring (bicyclic) bond motifs is 1. The molecule has 3 rings (SSSR count). The van der Waals surface area contributed by atoms with E-state index in [1.165, 1.54) is 28.1 Å². The van der Waals surface area contributed by atoms with Crippen molar-refractivity contribution in [1.29, 1.82) is 0 Å². The summed E-state index contributed by atoms with van der Waals surface area (Å²) in [6.45, 7) is 9.55. The minimum Gasteiger partial charge on any atom is -0.487 e. The van der Waals surface area contributed by atoms with Gasteiger partial charge in [-0.3, -0.25) is 0 Å². The van der Waals surface area contributed by atoms with E-state index in [0.29, 0.717) is 0 Å². The minimum absolute atomic E-state index is 0.199. The van der Waals surface area contributed by atoms with Gasteiger partial charge in [0.2, 0.25) is 0 Å². The van der Waals surface area contributed by atoms with E-state index in [9.17, 15) is 0 Å². The van der Waals surface area contributed by atoms with Crippen LogP contribution in [-0.4, -0.2) is 12.6 Å². The first-order chi connectivity index (χ1) is 9.56. The van der Waals surface area contributed by atoms with Crippen LogP contribution in [0, 0.1) is 20.8 Å². The van der Waals surface area contributed by atoms with Crippen LogP contribution in [0.25, 0.3) is 0 Å². The molecule has 104 valence electrons. The van der Waals surface area contributed by atoms with E-state index >= 15 is 0 Å². The normalized spacial score (nSPS) is 17.6. The van der Waals surface area contributed by atoms with Crippen molar-refractivity contribution in [2.24, 2.45) is 0 Å². The summed E-state index contributed by atoms with van der Waals surface area (Å²) in [6.07, 6.45) is 0.199. The van der Waals surface area contributed by atoms with E-state index in [2.05, 4.69) is 62.9 Å². The zero-order chi connectivity index (χ0) is 14.3. The molecule has 0 N–H and O–H groups in total. The van der Waals surface area contributed by atoms with E-state index in [1.807, 2.05) is 6.07 Å². The SMILES string of the molecule is Cc1cc(C)c(N2CC(C)Oc3ccccc32)c(C)c1. The summed E-state index contributed by atoms with van der Waals surface area (Å²) in [4.78, 5) is 2.40. The molecule has 1 aliphatic rings. The Labute approximate surface area is 121 Å². The van der Waals surface area contributed by atoms with E-state index in [0.717, 1.165) is 12.3 Å². The molecule has 1 aliphatic heterocycles. The van der Waals surface area contributed by atoms with Crippen LogP contribution in [0.4, 0.5) is 11.4 Å². The van der Waals surface area contributed by atoms with Gasteiger partial charge in [0.05, 0.1) is 12.2 Å². The van der Waals surface area contributed by atoms with E-state index in [4.69, 9.17) is 4.74 Å². The molecule has 0 radical (unpaired) electrons. The van der Waals surface area contributed by atoms with Crippen molar-refractivity contribution in [3.63, 3.8) is 0 Å². The summed E-state index contributed by atoms with van der Waals surface area (Å²) < 4.78 is 5.95. The first-order valence-electron chi connectivity index (χ1n) is 7.17. The number of rotatable bonds is 1. The lowest BCUT2D eigenvalue weighted by atomic mass is 10.0. The average Bonchev–Trinajstić information content (AvgIpc) is 2.37. The maximum absolute atomic E-state index is 5.95. The predicted octanol–water partition coefficient (Wildman–Crippen LogP) is 4.53. The lowest BCUT2D eigenvalue weighted by Gasteiger charge is -2.36. The molecule has 2 nitrogen and oxygen atoms in total. The van der Waals surface area contributed by atoms with Gasteiger partial charge in [-0.2, -0.15) is 0 Å². The van der Waals surface area contributed by atoms with Crippen LogP contribution >= 0.6 is 0 Å². The zero-order valence-electron chi connectivity index (χ0n) is 12.6. The van der Waals surface area contributed by atoms with Crippen molar-refractivity contribution in [2.45, 2.75) is 33.8 Å². The Kier molecular flexibility index (Phi) is 3.17. The topological polar surface area (TPSA) is 12.5 Å². The Morgan fingerprint density at radius 3 is 2.40 bits per heavy atom. The maximum atomic E-state index is 5.95. The second-order valence-electron chi connectivity index (χ2n) is 5.75. The van der Waals surface area contributed by atoms with Gasteiger partial charge in [-0.15, -0.1) is 0 Å². The summed E-state index contributed by atoms with van der Waals surface area (Å²) in [5.41, 5.74) is 6.45. The maximum Gasteiger partial charge on any atom is 0.143 e. The van der Waals surface area contributed by atoms with Crippen molar-refractivity contribution >= 4 is 11.4 Å². The number of para-hydroxylation sites is 2. The highest BCUT2D eigenvalue weighted by Gasteiger charge is 2.25. The number of nitrogens with zero attached hydrogens (tertiary/aromatic N) is 1. The fourth-order valence-electron chi connectivity index (χ4n) is 3.20. The summed E-state index contributed by atoms with van der Waals surface area (Å²) in [5.74, 6) is 0.977. The smallest absolute Gasteiger partial charge is 0.143 e. The summed E-state index contributed by atoms with van der Waals surface area (Å²) in [7, 11) is 0. The molecular formula is C18H21NO. The molecule has 0 fully saturated rings. The summed E-state index contributed by atoms with van der Waals surface area (Å²) in [6, 6.07) is 12.8. The molecule has 0 saturated carbocycles. The molecular weight excluding hydrogens is 246 g/mol. The molecule has 1 unspecified atom stereocenters. The Morgan fingerprint density at radius 1 is 1.05 bits per heavy atom. The third kappa shape index (κ3) is 2.15. The third-order valence-electron chi connectivity index (χ3n) is 3.83. The van der Waals surface area contributed by atoms with E-state index in [1.54, 1.807) is 0 Å². The van der Waals surface area contributed by atoms with Crippen LogP contribution in [0.15, 0.2) is 36.4 Å². The molecule has 0 amide bonds. The Hall–Kier alpha value is -1.96. The fourth-order valence-corrected chi connectivity index (χ4v) is 3.20. The van der Waals surface area contributed by atoms with E-state index < -0.39 is 0 Å². The molecule has 20 heavy (non-hydrogen) atoms. The first kappa shape index (κ1) is 13.0. The molecule has 2 aromatic rings. The molecule has 0 saturated heterocycles. The van der Waals surface area contributed by atoms with Crippen molar-refractivity contribution in [1.82, 2.24) is 0 Å². The molecule has 0 aliphatic carbocycles. The van der Waals surface area contributed by atoms with Crippen molar-refractivity contribution in [3.05, 3.63) is 53.1 Å². The van der Waals surface area contributed by atoms with Crippen LogP contribution in [0.2, 0.25) is 0 Å². The highest BCUT2D eigenvalue weighted by atomic mass is 16.5. The van der Waals surface area contributed by atoms with Crippen LogP contribution < -0.4 is 9.64 Å². The average molecular weight is 267 g/mol. The monoisotopic (exact) mass is 267 g/mol. The van der Waals surface area contributed by atoms with Gasteiger partial charge in [0.1, 0.15) is 11.9 Å². The lowest BCUT2D eigenvalue weighted by Crippen LogP contribution is -2.36. The highest BCUT2D eigenvalue weighted by molar-refractivity contribution is 5.75. The number of ether oxygens (including phenoxy) is 1. The van der Waals surface area contributed by atoms with Crippen molar-refractivity contribution in [3.8, 4) is 5.75 Å². The van der Waals surface area contributed by atoms with Crippen molar-refractivity contribution in [2.75, 3.05) is 11.4 Å². The summed E-state index contributed by atoms with van der Waals surface area (Å²) in [5, 5.41) is 0. The minimum atomic E-state index is 0.199. The second-order valence-corrected chi connectivity index (χ2v) is 5.75. The lowest BCUT2D eigenvalue weighted by molar-refractivity contribution is 0.217. The number of aryl methyl sites for hydroxylation is 3. The van der Waals surface area contributed by atoms with Crippen LogP contribution in [0.5, 0.6) is 5.75 Å². The Bertz CT molecular complexity index is 625. The Balaban J connectivity index is 2.16. The molecule has 2 aromatic carbocycles. The fraction of sp³-hybridized carbons (Fsp3) is 0.333. The largest absolute Gasteiger partial charge is 0.487 e. The van der Waals surface area contributed by atoms with Gasteiger partial charge < -0.3 is 9.64 Å². The zero-order valence-corrected chi connectivity index (χ0v) is 12.6. The number of anilines is 2. The Morgan fingerprint density at radius 2 is 1.70 bits per heavy atom.